The fourth-order valence-electron chi connectivity index (χ4n) is 6.58. The lowest BCUT2D eigenvalue weighted by molar-refractivity contribution is -0.117. The van der Waals surface area contributed by atoms with Gasteiger partial charge in [0.25, 0.3) is 0 Å². The van der Waals surface area contributed by atoms with Crippen LogP contribution < -0.4 is 15.6 Å². The van der Waals surface area contributed by atoms with Crippen molar-refractivity contribution in [3.05, 3.63) is 66.0 Å². The molecule has 0 fully saturated rings. The van der Waals surface area contributed by atoms with Crippen LogP contribution in [0.5, 0.6) is 17.2 Å². The summed E-state index contributed by atoms with van der Waals surface area (Å²) in [5.74, 6) is -1.79. The maximum atomic E-state index is 13.4. The predicted octanol–water partition coefficient (Wildman–Crippen LogP) is 3.70. The average Bonchev–Trinajstić information content (AvgIpc) is 3.01. The third kappa shape index (κ3) is 2.68. The third-order valence-corrected chi connectivity index (χ3v) is 8.04. The molecule has 1 atom stereocenters. The van der Waals surface area contributed by atoms with E-state index in [0.29, 0.717) is 54.6 Å². The first kappa shape index (κ1) is 24.1. The van der Waals surface area contributed by atoms with E-state index in [0.717, 1.165) is 0 Å². The zero-order valence-corrected chi connectivity index (χ0v) is 21.1. The van der Waals surface area contributed by atoms with Crippen molar-refractivity contribution in [1.82, 2.24) is 0 Å². The lowest BCUT2D eigenvalue weighted by Crippen LogP contribution is -2.14. The number of aliphatic hydroxyl groups excluding tert-OH is 2. The number of aromatic hydroxyl groups is 2. The van der Waals surface area contributed by atoms with Crippen molar-refractivity contribution in [2.24, 2.45) is 0 Å². The molecule has 8 heteroatoms. The minimum atomic E-state index is -0.866. The Morgan fingerprint density at radius 1 is 0.816 bits per heavy atom. The van der Waals surface area contributed by atoms with E-state index in [4.69, 9.17) is 4.74 Å². The Morgan fingerprint density at radius 3 is 1.84 bits per heavy atom. The monoisotopic (exact) mass is 512 g/mol. The van der Waals surface area contributed by atoms with E-state index in [2.05, 4.69) is 0 Å². The van der Waals surface area contributed by atoms with E-state index in [1.165, 1.54) is 26.2 Å². The van der Waals surface area contributed by atoms with E-state index in [1.54, 1.807) is 19.9 Å². The second-order valence-corrected chi connectivity index (χ2v) is 10.00. The van der Waals surface area contributed by atoms with Crippen LogP contribution in [0.15, 0.2) is 27.3 Å². The molecule has 0 saturated carbocycles. The largest absolute Gasteiger partial charge is 0.507 e. The SMILES string of the molecule is COc1c(O)c2c(=O)cc(CO)c3c4c(CO)cc(=O)c5c(O)c(C)c6c(c(c1C(C(C)=O)C(C)=C6)c23)c54. The number of carbonyl (C=O) groups excluding carboxylic acids is 1. The van der Waals surface area contributed by atoms with Crippen LogP contribution >= 0.6 is 0 Å². The first-order chi connectivity index (χ1) is 18.1. The quantitative estimate of drug-likeness (QED) is 0.211. The van der Waals surface area contributed by atoms with Crippen molar-refractivity contribution in [2.45, 2.75) is 39.9 Å². The highest BCUT2D eigenvalue weighted by Gasteiger charge is 2.36. The van der Waals surface area contributed by atoms with Gasteiger partial charge in [0.2, 0.25) is 0 Å². The molecule has 1 unspecified atom stereocenters. The molecule has 0 amide bonds. The molecule has 0 bridgehead atoms. The van der Waals surface area contributed by atoms with Gasteiger partial charge in [-0.2, -0.15) is 0 Å². The summed E-state index contributed by atoms with van der Waals surface area (Å²) in [6, 6.07) is 2.46. The Kier molecular flexibility index (Phi) is 4.99. The number of allylic oxidation sites excluding steroid dienone is 1. The van der Waals surface area contributed by atoms with Gasteiger partial charge in [0.05, 0.1) is 37.0 Å². The third-order valence-electron chi connectivity index (χ3n) is 8.04. The smallest absolute Gasteiger partial charge is 0.190 e. The predicted molar refractivity (Wildman–Crippen MR) is 145 cm³/mol. The van der Waals surface area contributed by atoms with Crippen molar-refractivity contribution in [2.75, 3.05) is 7.11 Å². The minimum Gasteiger partial charge on any atom is -0.507 e. The number of Topliss-reactive ketones (excluding diaryl/α,β-unsaturated/α-hetero) is 1. The fourth-order valence-corrected chi connectivity index (χ4v) is 6.58. The standard InChI is InChI=1S/C30H24O8/c1-10-5-15-11(2)28(36)22-16(34)6-13(8-31)19-20-14(9-32)7-17(35)23-25(20)26(21(15)24(19)22)27(18(10)12(3)33)30(38-4)29(23)37/h5-7,18,31-32,36-37H,8-9H2,1-4H3. The average molecular weight is 513 g/mol. The molecular formula is C30H24O8. The summed E-state index contributed by atoms with van der Waals surface area (Å²) in [6.45, 7) is 3.79. The summed E-state index contributed by atoms with van der Waals surface area (Å²) >= 11 is 0. The Morgan fingerprint density at radius 2 is 1.34 bits per heavy atom. The van der Waals surface area contributed by atoms with Crippen LogP contribution in [0.4, 0.5) is 0 Å². The van der Waals surface area contributed by atoms with Crippen LogP contribution in [-0.4, -0.2) is 33.3 Å². The zero-order chi connectivity index (χ0) is 27.4. The van der Waals surface area contributed by atoms with E-state index < -0.39 is 35.7 Å². The van der Waals surface area contributed by atoms with E-state index in [-0.39, 0.29) is 39.2 Å². The molecule has 192 valence electrons. The number of hydrogen-bond acceptors (Lipinski definition) is 8. The highest BCUT2D eigenvalue weighted by atomic mass is 16.5. The Bertz CT molecular complexity index is 2040. The second kappa shape index (κ2) is 7.86. The van der Waals surface area contributed by atoms with Gasteiger partial charge in [-0.3, -0.25) is 14.4 Å². The van der Waals surface area contributed by atoms with Gasteiger partial charge in [0, 0.05) is 16.3 Å². The molecule has 0 aromatic heterocycles. The lowest BCUT2D eigenvalue weighted by Gasteiger charge is -2.25. The number of hydrogen-bond donors (Lipinski definition) is 4. The highest BCUT2D eigenvalue weighted by Crippen LogP contribution is 2.56. The second-order valence-electron chi connectivity index (χ2n) is 10.00. The summed E-state index contributed by atoms with van der Waals surface area (Å²) in [5, 5.41) is 45.7. The number of benzene rings is 5. The molecule has 1 aliphatic rings. The van der Waals surface area contributed by atoms with Crippen LogP contribution in [-0.2, 0) is 18.0 Å². The molecule has 5 aromatic carbocycles. The summed E-state index contributed by atoms with van der Waals surface area (Å²) in [6.07, 6.45) is 1.77. The van der Waals surface area contributed by atoms with Gasteiger partial charge >= 0.3 is 0 Å². The van der Waals surface area contributed by atoms with Crippen molar-refractivity contribution < 1.29 is 30.0 Å². The molecule has 8 nitrogen and oxygen atoms in total. The summed E-state index contributed by atoms with van der Waals surface area (Å²) in [5.41, 5.74) is 1.34. The molecule has 4 N–H and O–H groups in total. The van der Waals surface area contributed by atoms with Crippen LogP contribution in [0.25, 0.3) is 49.2 Å². The van der Waals surface area contributed by atoms with Crippen molar-refractivity contribution >= 4 is 54.9 Å². The number of methoxy groups -OCH3 is 1. The van der Waals surface area contributed by atoms with Gasteiger partial charge in [0.15, 0.2) is 22.4 Å². The number of fused-ring (bicyclic) bond motifs is 1. The van der Waals surface area contributed by atoms with Crippen LogP contribution in [0.1, 0.15) is 47.6 Å². The van der Waals surface area contributed by atoms with Crippen molar-refractivity contribution in [3.8, 4) is 17.2 Å². The Labute approximate surface area is 215 Å². The number of phenolic OH excluding ortho intramolecular Hbond substituents is 2. The maximum Gasteiger partial charge on any atom is 0.190 e. The number of rotatable bonds is 4. The van der Waals surface area contributed by atoms with E-state index in [9.17, 15) is 34.8 Å². The number of phenols is 2. The first-order valence-corrected chi connectivity index (χ1v) is 12.1. The summed E-state index contributed by atoms with van der Waals surface area (Å²) in [4.78, 5) is 39.9. The van der Waals surface area contributed by atoms with Gasteiger partial charge < -0.3 is 25.2 Å². The molecule has 0 saturated heterocycles. The van der Waals surface area contributed by atoms with Gasteiger partial charge in [-0.05, 0) is 76.7 Å². The van der Waals surface area contributed by atoms with Crippen LogP contribution in [0.2, 0.25) is 0 Å². The Hall–Kier alpha value is -4.27. The van der Waals surface area contributed by atoms with Gasteiger partial charge in [-0.1, -0.05) is 11.6 Å². The number of aliphatic hydroxyl groups is 2. The fraction of sp³-hybridized carbons (Fsp3) is 0.233. The molecule has 0 spiro atoms. The van der Waals surface area contributed by atoms with Crippen LogP contribution in [0, 0.1) is 6.92 Å². The Balaban J connectivity index is 2.21. The molecule has 5 aromatic rings. The molecule has 6 rings (SSSR count). The first-order valence-electron chi connectivity index (χ1n) is 12.1. The van der Waals surface area contributed by atoms with Gasteiger partial charge in [-0.25, -0.2) is 0 Å². The number of carbonyl (C=O) groups is 1. The molecular weight excluding hydrogens is 488 g/mol. The summed E-state index contributed by atoms with van der Waals surface area (Å²) < 4.78 is 5.64. The zero-order valence-electron chi connectivity index (χ0n) is 21.1. The number of ether oxygens (including phenoxy) is 1. The van der Waals surface area contributed by atoms with Crippen molar-refractivity contribution in [3.63, 3.8) is 0 Å². The highest BCUT2D eigenvalue weighted by molar-refractivity contribution is 6.38. The molecule has 0 radical (unpaired) electrons. The molecule has 0 heterocycles. The summed E-state index contributed by atoms with van der Waals surface area (Å²) in [7, 11) is 1.34. The normalized spacial score (nSPS) is 15.2. The van der Waals surface area contributed by atoms with Crippen LogP contribution in [0.3, 0.4) is 0 Å². The maximum absolute atomic E-state index is 13.4. The molecule has 38 heavy (non-hydrogen) atoms. The van der Waals surface area contributed by atoms with E-state index in [1.807, 2.05) is 0 Å². The topological polar surface area (TPSA) is 141 Å². The molecule has 1 aliphatic carbocycles. The number of ketones is 1. The lowest BCUT2D eigenvalue weighted by atomic mass is 9.79. The minimum absolute atomic E-state index is 0.0314. The van der Waals surface area contributed by atoms with E-state index >= 15 is 0 Å². The van der Waals surface area contributed by atoms with Gasteiger partial charge in [0.1, 0.15) is 11.5 Å². The molecule has 0 aliphatic heterocycles. The van der Waals surface area contributed by atoms with Gasteiger partial charge in [-0.15, -0.1) is 0 Å². The van der Waals surface area contributed by atoms with Crippen molar-refractivity contribution in [1.29, 1.82) is 0 Å².